The van der Waals surface area contributed by atoms with Gasteiger partial charge in [-0.25, -0.2) is 0 Å². The topological polar surface area (TPSA) is 45.7 Å². The SMILES string of the molecule is CCSC1(CNC(=NC)NC2CCCC(CC)C2)CCOCC1.I. The monoisotopic (exact) mass is 469 g/mol. The highest BCUT2D eigenvalue weighted by Crippen LogP contribution is 2.34. The van der Waals surface area contributed by atoms with Crippen LogP contribution in [0.15, 0.2) is 4.99 Å². The Morgan fingerprint density at radius 2 is 2.00 bits per heavy atom. The van der Waals surface area contributed by atoms with Crippen LogP contribution in [0.2, 0.25) is 0 Å². The first-order valence-corrected chi connectivity index (χ1v) is 10.4. The van der Waals surface area contributed by atoms with Crippen LogP contribution >= 0.6 is 35.7 Å². The van der Waals surface area contributed by atoms with Crippen molar-refractivity contribution in [2.75, 3.05) is 32.6 Å². The quantitative estimate of drug-likeness (QED) is 0.350. The summed E-state index contributed by atoms with van der Waals surface area (Å²) in [4.78, 5) is 4.46. The third-order valence-electron chi connectivity index (χ3n) is 5.36. The standard InChI is InChI=1S/C18H35N3OS.HI/c1-4-15-7-6-8-16(13-15)21-17(19-3)20-14-18(23-5-2)9-11-22-12-10-18;/h15-16H,4-14H2,1-3H3,(H2,19,20,21);1H. The summed E-state index contributed by atoms with van der Waals surface area (Å²) in [6.07, 6.45) is 8.89. The third-order valence-corrected chi connectivity index (χ3v) is 6.81. The molecule has 0 bridgehead atoms. The highest BCUT2D eigenvalue weighted by atomic mass is 127. The van der Waals surface area contributed by atoms with E-state index in [1.807, 2.05) is 7.05 Å². The van der Waals surface area contributed by atoms with Crippen molar-refractivity contribution in [3.8, 4) is 0 Å². The van der Waals surface area contributed by atoms with Gasteiger partial charge in [-0.15, -0.1) is 24.0 Å². The number of guanidine groups is 1. The van der Waals surface area contributed by atoms with E-state index in [9.17, 15) is 0 Å². The molecule has 1 saturated heterocycles. The van der Waals surface area contributed by atoms with E-state index in [0.29, 0.717) is 10.8 Å². The normalized spacial score (nSPS) is 27.2. The maximum atomic E-state index is 5.56. The van der Waals surface area contributed by atoms with Crippen LogP contribution < -0.4 is 10.6 Å². The highest BCUT2D eigenvalue weighted by Gasteiger charge is 2.33. The average Bonchev–Trinajstić information content (AvgIpc) is 2.60. The van der Waals surface area contributed by atoms with E-state index >= 15 is 0 Å². The largest absolute Gasteiger partial charge is 0.381 e. The second-order valence-electron chi connectivity index (χ2n) is 6.94. The minimum absolute atomic E-state index is 0. The van der Waals surface area contributed by atoms with Crippen molar-refractivity contribution in [2.24, 2.45) is 10.9 Å². The Morgan fingerprint density at radius 3 is 2.62 bits per heavy atom. The maximum absolute atomic E-state index is 5.56. The lowest BCUT2D eigenvalue weighted by atomic mass is 9.84. The van der Waals surface area contributed by atoms with Gasteiger partial charge in [0.25, 0.3) is 0 Å². The average molecular weight is 469 g/mol. The molecule has 2 N–H and O–H groups in total. The predicted molar refractivity (Wildman–Crippen MR) is 117 cm³/mol. The van der Waals surface area contributed by atoms with Crippen molar-refractivity contribution in [2.45, 2.75) is 69.6 Å². The molecule has 1 heterocycles. The molecule has 2 rings (SSSR count). The summed E-state index contributed by atoms with van der Waals surface area (Å²) in [6, 6.07) is 0.587. The number of ether oxygens (including phenoxy) is 1. The van der Waals surface area contributed by atoms with Crippen molar-refractivity contribution < 1.29 is 4.74 Å². The number of nitrogens with zero attached hydrogens (tertiary/aromatic N) is 1. The van der Waals surface area contributed by atoms with Gasteiger partial charge in [0.2, 0.25) is 0 Å². The first kappa shape index (κ1) is 22.4. The lowest BCUT2D eigenvalue weighted by Crippen LogP contribution is -2.50. The Morgan fingerprint density at radius 1 is 1.25 bits per heavy atom. The summed E-state index contributed by atoms with van der Waals surface area (Å²) in [6.45, 7) is 7.33. The lowest BCUT2D eigenvalue weighted by Gasteiger charge is -2.37. The summed E-state index contributed by atoms with van der Waals surface area (Å²) in [5.41, 5.74) is 0. The summed E-state index contributed by atoms with van der Waals surface area (Å²) in [7, 11) is 1.89. The van der Waals surface area contributed by atoms with Gasteiger partial charge >= 0.3 is 0 Å². The van der Waals surface area contributed by atoms with Crippen LogP contribution in [0.4, 0.5) is 0 Å². The molecule has 142 valence electrons. The number of thioether (sulfide) groups is 1. The Labute approximate surface area is 169 Å². The van der Waals surface area contributed by atoms with Crippen LogP contribution in [0.25, 0.3) is 0 Å². The molecule has 0 amide bonds. The van der Waals surface area contributed by atoms with Crippen LogP contribution in [0.1, 0.15) is 58.8 Å². The Kier molecular flexibility index (Phi) is 11.0. The van der Waals surface area contributed by atoms with E-state index in [2.05, 4.69) is 41.2 Å². The Balaban J connectivity index is 0.00000288. The molecule has 1 saturated carbocycles. The first-order valence-electron chi connectivity index (χ1n) is 9.40. The van der Waals surface area contributed by atoms with Gasteiger partial charge in [0.15, 0.2) is 5.96 Å². The van der Waals surface area contributed by atoms with Crippen molar-refractivity contribution in [3.05, 3.63) is 0 Å². The van der Waals surface area contributed by atoms with Gasteiger partial charge < -0.3 is 15.4 Å². The number of nitrogens with one attached hydrogen (secondary N) is 2. The molecule has 2 atom stereocenters. The first-order chi connectivity index (χ1) is 11.2. The molecule has 0 radical (unpaired) electrons. The molecule has 1 aliphatic heterocycles. The van der Waals surface area contributed by atoms with E-state index in [1.54, 1.807) is 0 Å². The van der Waals surface area contributed by atoms with Crippen molar-refractivity contribution in [1.82, 2.24) is 10.6 Å². The molecule has 1 aliphatic carbocycles. The maximum Gasteiger partial charge on any atom is 0.191 e. The molecule has 24 heavy (non-hydrogen) atoms. The van der Waals surface area contributed by atoms with E-state index < -0.39 is 0 Å². The van der Waals surface area contributed by atoms with Crippen molar-refractivity contribution >= 4 is 41.7 Å². The molecule has 0 aromatic carbocycles. The van der Waals surface area contributed by atoms with Crippen LogP contribution in [-0.2, 0) is 4.74 Å². The molecule has 0 aromatic rings. The number of rotatable bonds is 6. The lowest BCUT2D eigenvalue weighted by molar-refractivity contribution is 0.0782. The van der Waals surface area contributed by atoms with Crippen molar-refractivity contribution in [1.29, 1.82) is 0 Å². The van der Waals surface area contributed by atoms with Gasteiger partial charge in [-0.05, 0) is 37.4 Å². The molecule has 4 nitrogen and oxygen atoms in total. The Bertz CT molecular complexity index is 370. The van der Waals surface area contributed by atoms with Gasteiger partial charge in [-0.1, -0.05) is 33.1 Å². The van der Waals surface area contributed by atoms with Crippen LogP contribution in [0.5, 0.6) is 0 Å². The van der Waals surface area contributed by atoms with Crippen LogP contribution in [0, 0.1) is 5.92 Å². The van der Waals surface area contributed by atoms with Gasteiger partial charge in [0, 0.05) is 37.6 Å². The summed E-state index contributed by atoms with van der Waals surface area (Å²) < 4.78 is 5.87. The molecule has 2 unspecified atom stereocenters. The predicted octanol–water partition coefficient (Wildman–Crippen LogP) is 4.04. The zero-order valence-electron chi connectivity index (χ0n) is 15.6. The minimum Gasteiger partial charge on any atom is -0.381 e. The molecule has 6 heteroatoms. The molecule has 0 aromatic heterocycles. The second-order valence-corrected chi connectivity index (χ2v) is 8.67. The highest BCUT2D eigenvalue weighted by molar-refractivity contribution is 14.0. The van der Waals surface area contributed by atoms with Gasteiger partial charge in [-0.2, -0.15) is 11.8 Å². The smallest absolute Gasteiger partial charge is 0.191 e. The summed E-state index contributed by atoms with van der Waals surface area (Å²) in [5, 5.41) is 7.27. The van der Waals surface area contributed by atoms with E-state index in [1.165, 1.54) is 32.1 Å². The summed E-state index contributed by atoms with van der Waals surface area (Å²) >= 11 is 2.08. The fraction of sp³-hybridized carbons (Fsp3) is 0.944. The minimum atomic E-state index is 0. The third kappa shape index (κ3) is 6.90. The fourth-order valence-electron chi connectivity index (χ4n) is 3.85. The van der Waals surface area contributed by atoms with E-state index in [-0.39, 0.29) is 24.0 Å². The van der Waals surface area contributed by atoms with Gasteiger partial charge in [-0.3, -0.25) is 4.99 Å². The molecule has 2 aliphatic rings. The number of halogens is 1. The number of hydrogen-bond donors (Lipinski definition) is 2. The number of hydrogen-bond acceptors (Lipinski definition) is 3. The molecular formula is C18H36IN3OS. The molecule has 0 spiro atoms. The molecular weight excluding hydrogens is 433 g/mol. The Hall–Kier alpha value is 0.310. The zero-order valence-corrected chi connectivity index (χ0v) is 18.8. The van der Waals surface area contributed by atoms with E-state index in [0.717, 1.165) is 50.2 Å². The fourth-order valence-corrected chi connectivity index (χ4v) is 5.09. The second kappa shape index (κ2) is 11.8. The molecule has 2 fully saturated rings. The summed E-state index contributed by atoms with van der Waals surface area (Å²) in [5.74, 6) is 3.03. The number of aliphatic imine (C=N–C) groups is 1. The van der Waals surface area contributed by atoms with Crippen LogP contribution in [0.3, 0.4) is 0 Å². The van der Waals surface area contributed by atoms with E-state index in [4.69, 9.17) is 4.74 Å². The van der Waals surface area contributed by atoms with Crippen molar-refractivity contribution in [3.63, 3.8) is 0 Å². The van der Waals surface area contributed by atoms with Gasteiger partial charge in [0.05, 0.1) is 0 Å². The van der Waals surface area contributed by atoms with Gasteiger partial charge in [0.1, 0.15) is 0 Å². The van der Waals surface area contributed by atoms with Crippen LogP contribution in [-0.4, -0.2) is 49.3 Å². The zero-order chi connectivity index (χ0) is 16.5.